The van der Waals surface area contributed by atoms with Crippen molar-refractivity contribution in [3.8, 4) is 0 Å². The van der Waals surface area contributed by atoms with Crippen molar-refractivity contribution in [1.29, 1.82) is 0 Å². The zero-order chi connectivity index (χ0) is 15.2. The molecule has 21 heavy (non-hydrogen) atoms. The van der Waals surface area contributed by atoms with Crippen LogP contribution in [0.5, 0.6) is 0 Å². The Balaban J connectivity index is 1.94. The average Bonchev–Trinajstić information content (AvgIpc) is 2.47. The number of carbonyl (C=O) groups is 1. The van der Waals surface area contributed by atoms with E-state index in [4.69, 9.17) is 23.2 Å². The maximum absolute atomic E-state index is 11.8. The normalized spacial score (nSPS) is 12.5. The second-order valence-corrected chi connectivity index (χ2v) is 5.50. The molecule has 1 atom stereocenters. The number of allylic oxidation sites excluding steroid dienone is 1. The minimum absolute atomic E-state index is 0.0335. The molecule has 0 heterocycles. The van der Waals surface area contributed by atoms with Crippen LogP contribution in [0.2, 0.25) is 10.0 Å². The topological polar surface area (TPSA) is 37.3 Å². The summed E-state index contributed by atoms with van der Waals surface area (Å²) in [4.78, 5) is 11.8. The molecule has 1 N–H and O–H groups in total. The largest absolute Gasteiger partial charge is 0.388 e. The van der Waals surface area contributed by atoms with Gasteiger partial charge in [0, 0.05) is 16.5 Å². The van der Waals surface area contributed by atoms with Crippen molar-refractivity contribution in [2.45, 2.75) is 12.5 Å². The first-order valence-electron chi connectivity index (χ1n) is 6.44. The van der Waals surface area contributed by atoms with Crippen LogP contribution in [0.3, 0.4) is 0 Å². The Kier molecular flexibility index (Phi) is 5.57. The molecule has 4 heteroatoms. The summed E-state index contributed by atoms with van der Waals surface area (Å²) in [6.07, 6.45) is 2.37. The van der Waals surface area contributed by atoms with Gasteiger partial charge < -0.3 is 5.11 Å². The van der Waals surface area contributed by atoms with Crippen LogP contribution in [0.1, 0.15) is 23.7 Å². The molecule has 0 aliphatic rings. The number of hydrogen-bond acceptors (Lipinski definition) is 2. The van der Waals surface area contributed by atoms with E-state index in [-0.39, 0.29) is 12.2 Å². The van der Waals surface area contributed by atoms with Crippen LogP contribution in [0.4, 0.5) is 0 Å². The lowest BCUT2D eigenvalue weighted by molar-refractivity contribution is -0.116. The lowest BCUT2D eigenvalue weighted by Gasteiger charge is -2.08. The van der Waals surface area contributed by atoms with Crippen LogP contribution in [-0.2, 0) is 4.79 Å². The third-order valence-corrected chi connectivity index (χ3v) is 3.48. The first kappa shape index (κ1) is 15.8. The Morgan fingerprint density at radius 1 is 1.00 bits per heavy atom. The van der Waals surface area contributed by atoms with Crippen LogP contribution in [0, 0.1) is 0 Å². The Morgan fingerprint density at radius 2 is 1.52 bits per heavy atom. The first-order valence-corrected chi connectivity index (χ1v) is 7.20. The van der Waals surface area contributed by atoms with Gasteiger partial charge in [0.25, 0.3) is 0 Å². The van der Waals surface area contributed by atoms with Crippen LogP contribution >= 0.6 is 23.2 Å². The highest BCUT2D eigenvalue weighted by atomic mass is 35.5. The predicted molar refractivity (Wildman–Crippen MR) is 86.5 cm³/mol. The van der Waals surface area contributed by atoms with E-state index in [1.807, 2.05) is 12.1 Å². The second-order valence-electron chi connectivity index (χ2n) is 4.62. The summed E-state index contributed by atoms with van der Waals surface area (Å²) in [5.74, 6) is -0.146. The Bertz CT molecular complexity index is 631. The van der Waals surface area contributed by atoms with Gasteiger partial charge in [-0.2, -0.15) is 0 Å². The molecular formula is C17H14Cl2O2. The van der Waals surface area contributed by atoms with Crippen LogP contribution in [-0.4, -0.2) is 10.9 Å². The molecule has 2 nitrogen and oxygen atoms in total. The predicted octanol–water partition coefficient (Wildman–Crippen LogP) is 4.70. The molecule has 2 aromatic rings. The second kappa shape index (κ2) is 7.41. The quantitative estimate of drug-likeness (QED) is 0.811. The molecule has 2 rings (SSSR count). The summed E-state index contributed by atoms with van der Waals surface area (Å²) in [6, 6.07) is 14.0. The van der Waals surface area contributed by atoms with E-state index in [1.54, 1.807) is 42.5 Å². The third kappa shape index (κ3) is 5.01. The minimum Gasteiger partial charge on any atom is -0.388 e. The van der Waals surface area contributed by atoms with Crippen molar-refractivity contribution in [3.63, 3.8) is 0 Å². The van der Waals surface area contributed by atoms with E-state index in [1.165, 1.54) is 6.08 Å². The van der Waals surface area contributed by atoms with Crippen molar-refractivity contribution in [1.82, 2.24) is 0 Å². The van der Waals surface area contributed by atoms with E-state index in [0.717, 1.165) is 5.56 Å². The van der Waals surface area contributed by atoms with Gasteiger partial charge in [-0.3, -0.25) is 4.79 Å². The summed E-state index contributed by atoms with van der Waals surface area (Å²) in [7, 11) is 0. The SMILES string of the molecule is O=C(/C=C/c1ccc(Cl)cc1)CC(O)c1ccc(Cl)cc1. The Hall–Kier alpha value is -1.61. The van der Waals surface area contributed by atoms with Crippen molar-refractivity contribution < 1.29 is 9.90 Å². The van der Waals surface area contributed by atoms with Crippen molar-refractivity contribution in [2.24, 2.45) is 0 Å². The molecule has 0 aromatic heterocycles. The van der Waals surface area contributed by atoms with E-state index in [2.05, 4.69) is 0 Å². The standard InChI is InChI=1S/C17H14Cl2O2/c18-14-6-1-12(2-7-14)3-10-16(20)11-17(21)13-4-8-15(19)9-5-13/h1-10,17,21H,11H2/b10-3+. The van der Waals surface area contributed by atoms with E-state index in [9.17, 15) is 9.90 Å². The molecule has 0 fully saturated rings. The molecule has 2 aromatic carbocycles. The molecular weight excluding hydrogens is 307 g/mol. The van der Waals surface area contributed by atoms with E-state index >= 15 is 0 Å². The lowest BCUT2D eigenvalue weighted by Crippen LogP contribution is -2.04. The summed E-state index contributed by atoms with van der Waals surface area (Å²) in [5.41, 5.74) is 1.56. The molecule has 0 saturated heterocycles. The van der Waals surface area contributed by atoms with Gasteiger partial charge in [-0.05, 0) is 41.5 Å². The summed E-state index contributed by atoms with van der Waals surface area (Å²) in [6.45, 7) is 0. The van der Waals surface area contributed by atoms with Crippen LogP contribution in [0.15, 0.2) is 54.6 Å². The summed E-state index contributed by atoms with van der Waals surface area (Å²) in [5, 5.41) is 11.2. The van der Waals surface area contributed by atoms with Crippen LogP contribution in [0.25, 0.3) is 6.08 Å². The molecule has 0 amide bonds. The molecule has 0 radical (unpaired) electrons. The van der Waals surface area contributed by atoms with Crippen molar-refractivity contribution in [3.05, 3.63) is 75.8 Å². The zero-order valence-corrected chi connectivity index (χ0v) is 12.7. The van der Waals surface area contributed by atoms with Crippen molar-refractivity contribution >= 4 is 35.1 Å². The molecule has 0 spiro atoms. The average molecular weight is 321 g/mol. The highest BCUT2D eigenvalue weighted by Gasteiger charge is 2.10. The van der Waals surface area contributed by atoms with Gasteiger partial charge in [-0.15, -0.1) is 0 Å². The maximum atomic E-state index is 11.8. The van der Waals surface area contributed by atoms with E-state index < -0.39 is 6.10 Å². The molecule has 1 unspecified atom stereocenters. The van der Waals surface area contributed by atoms with Crippen molar-refractivity contribution in [2.75, 3.05) is 0 Å². The highest BCUT2D eigenvalue weighted by Crippen LogP contribution is 2.19. The third-order valence-electron chi connectivity index (χ3n) is 2.98. The fraction of sp³-hybridized carbons (Fsp3) is 0.118. The van der Waals surface area contributed by atoms with Gasteiger partial charge in [0.05, 0.1) is 6.10 Å². The zero-order valence-electron chi connectivity index (χ0n) is 11.2. The van der Waals surface area contributed by atoms with Gasteiger partial charge in [-0.1, -0.05) is 53.5 Å². The van der Waals surface area contributed by atoms with Gasteiger partial charge in [-0.25, -0.2) is 0 Å². The maximum Gasteiger partial charge on any atom is 0.158 e. The monoisotopic (exact) mass is 320 g/mol. The highest BCUT2D eigenvalue weighted by molar-refractivity contribution is 6.30. The number of benzene rings is 2. The summed E-state index contributed by atoms with van der Waals surface area (Å²) < 4.78 is 0. The minimum atomic E-state index is -0.829. The number of rotatable bonds is 5. The molecule has 0 saturated carbocycles. The molecule has 0 bridgehead atoms. The Labute approximate surface area is 133 Å². The van der Waals surface area contributed by atoms with Gasteiger partial charge >= 0.3 is 0 Å². The molecule has 108 valence electrons. The fourth-order valence-corrected chi connectivity index (χ4v) is 2.08. The van der Waals surface area contributed by atoms with Gasteiger partial charge in [0.2, 0.25) is 0 Å². The number of ketones is 1. The first-order chi connectivity index (χ1) is 10.0. The summed E-state index contributed by atoms with van der Waals surface area (Å²) >= 11 is 11.6. The van der Waals surface area contributed by atoms with Gasteiger partial charge in [0.1, 0.15) is 0 Å². The number of halogens is 2. The molecule has 0 aliphatic heterocycles. The lowest BCUT2D eigenvalue weighted by atomic mass is 10.0. The smallest absolute Gasteiger partial charge is 0.158 e. The number of aliphatic hydroxyl groups excluding tert-OH is 1. The number of hydrogen-bond donors (Lipinski definition) is 1. The van der Waals surface area contributed by atoms with Gasteiger partial charge in [0.15, 0.2) is 5.78 Å². The number of carbonyl (C=O) groups excluding carboxylic acids is 1. The Morgan fingerprint density at radius 3 is 2.10 bits per heavy atom. The fourth-order valence-electron chi connectivity index (χ4n) is 1.82. The van der Waals surface area contributed by atoms with Crippen LogP contribution < -0.4 is 0 Å². The molecule has 0 aliphatic carbocycles. The van der Waals surface area contributed by atoms with E-state index in [0.29, 0.717) is 15.6 Å². The number of aliphatic hydroxyl groups is 1.